The molecule has 1 unspecified atom stereocenters. The fourth-order valence-electron chi connectivity index (χ4n) is 1.57. The molecule has 1 atom stereocenters. The van der Waals surface area contributed by atoms with Crippen molar-refractivity contribution in [2.75, 3.05) is 7.11 Å². The van der Waals surface area contributed by atoms with Crippen LogP contribution < -0.4 is 4.74 Å². The predicted octanol–water partition coefficient (Wildman–Crippen LogP) is 2.87. The summed E-state index contributed by atoms with van der Waals surface area (Å²) in [6.07, 6.45) is 1.52. The molecule has 1 rings (SSSR count). The highest BCUT2D eigenvalue weighted by Crippen LogP contribution is 2.33. The third-order valence-electron chi connectivity index (χ3n) is 2.33. The number of hydrogen-bond donors (Lipinski definition) is 0. The molecule has 0 bridgehead atoms. The summed E-state index contributed by atoms with van der Waals surface area (Å²) in [5.74, 6) is 0.221. The van der Waals surface area contributed by atoms with E-state index in [-0.39, 0.29) is 11.7 Å². The molecule has 0 aliphatic heterocycles. The predicted molar refractivity (Wildman–Crippen MR) is 58.7 cm³/mol. The molecule has 16 heavy (non-hydrogen) atoms. The van der Waals surface area contributed by atoms with E-state index < -0.39 is 6.04 Å². The summed E-state index contributed by atoms with van der Waals surface area (Å²) in [4.78, 5) is 14.0. The number of isocyanates is 1. The Balaban J connectivity index is 3.26. The van der Waals surface area contributed by atoms with Gasteiger partial charge in [0, 0.05) is 5.56 Å². The summed E-state index contributed by atoms with van der Waals surface area (Å²) in [5, 5.41) is 0. The van der Waals surface area contributed by atoms with Crippen molar-refractivity contribution in [3.05, 3.63) is 29.6 Å². The number of hydrogen-bond acceptors (Lipinski definition) is 3. The molecule has 86 valence electrons. The molecule has 1 aromatic rings. The molecule has 4 heteroatoms. The van der Waals surface area contributed by atoms with E-state index >= 15 is 0 Å². The number of rotatable bonds is 4. The first kappa shape index (κ1) is 12.4. The van der Waals surface area contributed by atoms with Crippen LogP contribution in [0.4, 0.5) is 4.39 Å². The number of carbonyl (C=O) groups excluding carboxylic acids is 1. The molecule has 0 fully saturated rings. The molecular weight excluding hydrogens is 209 g/mol. The summed E-state index contributed by atoms with van der Waals surface area (Å²) in [5.41, 5.74) is 0.570. The number of nitrogens with zero attached hydrogens (tertiary/aromatic N) is 1. The second-order valence-corrected chi connectivity index (χ2v) is 3.80. The van der Waals surface area contributed by atoms with E-state index in [9.17, 15) is 9.18 Å². The third-order valence-corrected chi connectivity index (χ3v) is 2.33. The molecule has 0 saturated carbocycles. The molecule has 0 aliphatic carbocycles. The molecule has 3 nitrogen and oxygen atoms in total. The topological polar surface area (TPSA) is 38.7 Å². The van der Waals surface area contributed by atoms with Crippen molar-refractivity contribution in [3.63, 3.8) is 0 Å². The number of benzene rings is 1. The Morgan fingerprint density at radius 1 is 1.44 bits per heavy atom. The van der Waals surface area contributed by atoms with Crippen LogP contribution >= 0.6 is 0 Å². The van der Waals surface area contributed by atoms with Gasteiger partial charge < -0.3 is 4.74 Å². The quantitative estimate of drug-likeness (QED) is 0.581. The molecule has 0 N–H and O–H groups in total. The van der Waals surface area contributed by atoms with Gasteiger partial charge in [0.15, 0.2) is 0 Å². The van der Waals surface area contributed by atoms with Crippen LogP contribution in [0, 0.1) is 11.7 Å². The maximum atomic E-state index is 13.2. The SMILES string of the molecule is COc1ccc(F)cc1C(N=C=O)C(C)C. The number of methoxy groups -OCH3 is 1. The van der Waals surface area contributed by atoms with Crippen LogP contribution in [0.5, 0.6) is 5.75 Å². The molecule has 0 heterocycles. The first-order valence-electron chi connectivity index (χ1n) is 5.00. The van der Waals surface area contributed by atoms with E-state index in [1.54, 1.807) is 0 Å². The summed E-state index contributed by atoms with van der Waals surface area (Å²) >= 11 is 0. The average molecular weight is 223 g/mol. The van der Waals surface area contributed by atoms with Crippen LogP contribution in [-0.2, 0) is 4.79 Å². The van der Waals surface area contributed by atoms with Crippen molar-refractivity contribution < 1.29 is 13.9 Å². The zero-order valence-electron chi connectivity index (χ0n) is 9.53. The summed E-state index contributed by atoms with van der Waals surface area (Å²) in [6, 6.07) is 3.75. The zero-order chi connectivity index (χ0) is 12.1. The van der Waals surface area contributed by atoms with Gasteiger partial charge in [-0.3, -0.25) is 0 Å². The van der Waals surface area contributed by atoms with Crippen molar-refractivity contribution in [1.29, 1.82) is 0 Å². The van der Waals surface area contributed by atoms with Gasteiger partial charge in [0.25, 0.3) is 0 Å². The fourth-order valence-corrected chi connectivity index (χ4v) is 1.57. The Morgan fingerprint density at radius 3 is 2.62 bits per heavy atom. The van der Waals surface area contributed by atoms with E-state index in [1.165, 1.54) is 31.4 Å². The van der Waals surface area contributed by atoms with E-state index in [0.717, 1.165) is 0 Å². The van der Waals surface area contributed by atoms with Crippen LogP contribution in [0.1, 0.15) is 25.5 Å². The second kappa shape index (κ2) is 5.42. The van der Waals surface area contributed by atoms with E-state index in [0.29, 0.717) is 11.3 Å². The van der Waals surface area contributed by atoms with Gasteiger partial charge in [-0.2, -0.15) is 4.99 Å². The summed E-state index contributed by atoms with van der Waals surface area (Å²) in [7, 11) is 1.50. The van der Waals surface area contributed by atoms with Crippen LogP contribution in [0.3, 0.4) is 0 Å². The van der Waals surface area contributed by atoms with Gasteiger partial charge in [0.2, 0.25) is 6.08 Å². The van der Waals surface area contributed by atoms with Crippen LogP contribution in [0.15, 0.2) is 23.2 Å². The molecule has 0 amide bonds. The Labute approximate surface area is 94.0 Å². The van der Waals surface area contributed by atoms with Crippen LogP contribution in [0.25, 0.3) is 0 Å². The van der Waals surface area contributed by atoms with E-state index in [4.69, 9.17) is 4.74 Å². The highest BCUT2D eigenvalue weighted by atomic mass is 19.1. The standard InChI is InChI=1S/C12H14FNO2/c1-8(2)12(14-7-15)10-6-9(13)4-5-11(10)16-3/h4-6,8,12H,1-3H3. The first-order valence-corrected chi connectivity index (χ1v) is 5.00. The lowest BCUT2D eigenvalue weighted by atomic mass is 9.96. The van der Waals surface area contributed by atoms with E-state index in [1.807, 2.05) is 13.8 Å². The third kappa shape index (κ3) is 2.67. The van der Waals surface area contributed by atoms with Gasteiger partial charge in [0.1, 0.15) is 11.6 Å². The van der Waals surface area contributed by atoms with E-state index in [2.05, 4.69) is 4.99 Å². The Bertz CT molecular complexity index is 411. The molecule has 0 aliphatic rings. The van der Waals surface area contributed by atoms with Gasteiger partial charge in [-0.1, -0.05) is 13.8 Å². The average Bonchev–Trinajstić information content (AvgIpc) is 2.25. The molecule has 0 radical (unpaired) electrons. The van der Waals surface area contributed by atoms with Crippen molar-refractivity contribution in [2.45, 2.75) is 19.9 Å². The Kier molecular flexibility index (Phi) is 4.20. The number of ether oxygens (including phenoxy) is 1. The smallest absolute Gasteiger partial charge is 0.235 e. The largest absolute Gasteiger partial charge is 0.496 e. The van der Waals surface area contributed by atoms with Crippen molar-refractivity contribution in [3.8, 4) is 5.75 Å². The minimum Gasteiger partial charge on any atom is -0.496 e. The maximum absolute atomic E-state index is 13.2. The lowest BCUT2D eigenvalue weighted by molar-refractivity contribution is 0.394. The first-order chi connectivity index (χ1) is 7.60. The lowest BCUT2D eigenvalue weighted by Gasteiger charge is -2.17. The second-order valence-electron chi connectivity index (χ2n) is 3.80. The molecule has 0 aromatic heterocycles. The summed E-state index contributed by atoms with van der Waals surface area (Å²) < 4.78 is 18.3. The molecule has 1 aromatic carbocycles. The van der Waals surface area contributed by atoms with Crippen molar-refractivity contribution in [1.82, 2.24) is 0 Å². The lowest BCUT2D eigenvalue weighted by Crippen LogP contribution is -2.06. The Hall–Kier alpha value is -1.67. The van der Waals surface area contributed by atoms with Gasteiger partial charge in [-0.25, -0.2) is 9.18 Å². The monoisotopic (exact) mass is 223 g/mol. The zero-order valence-corrected chi connectivity index (χ0v) is 9.53. The van der Waals surface area contributed by atoms with Crippen LogP contribution in [-0.4, -0.2) is 13.2 Å². The minimum absolute atomic E-state index is 0.0668. The number of halogens is 1. The molecule has 0 spiro atoms. The fraction of sp³-hybridized carbons (Fsp3) is 0.417. The number of aliphatic imine (C=N–C) groups is 1. The highest BCUT2D eigenvalue weighted by molar-refractivity contribution is 5.41. The normalized spacial score (nSPS) is 12.1. The Morgan fingerprint density at radius 2 is 2.12 bits per heavy atom. The maximum Gasteiger partial charge on any atom is 0.235 e. The minimum atomic E-state index is -0.428. The molecular formula is C12H14FNO2. The van der Waals surface area contributed by atoms with Crippen LogP contribution in [0.2, 0.25) is 0 Å². The van der Waals surface area contributed by atoms with Gasteiger partial charge in [0.05, 0.1) is 13.2 Å². The van der Waals surface area contributed by atoms with Crippen molar-refractivity contribution >= 4 is 6.08 Å². The summed E-state index contributed by atoms with van der Waals surface area (Å²) in [6.45, 7) is 3.80. The van der Waals surface area contributed by atoms with Gasteiger partial charge >= 0.3 is 0 Å². The van der Waals surface area contributed by atoms with Gasteiger partial charge in [-0.05, 0) is 24.1 Å². The molecule has 0 saturated heterocycles. The highest BCUT2D eigenvalue weighted by Gasteiger charge is 2.19. The van der Waals surface area contributed by atoms with Crippen molar-refractivity contribution in [2.24, 2.45) is 10.9 Å². The van der Waals surface area contributed by atoms with Gasteiger partial charge in [-0.15, -0.1) is 0 Å².